The van der Waals surface area contributed by atoms with Gasteiger partial charge in [-0.05, 0) is 32.9 Å². The number of nitrogens with zero attached hydrogens (tertiary/aromatic N) is 4. The average molecular weight is 386 g/mol. The fourth-order valence-corrected chi connectivity index (χ4v) is 2.87. The quantitative estimate of drug-likeness (QED) is 0.796. The Morgan fingerprint density at radius 2 is 2.00 bits per heavy atom. The van der Waals surface area contributed by atoms with Gasteiger partial charge in [0, 0.05) is 18.0 Å². The Morgan fingerprint density at radius 1 is 1.27 bits per heavy atom. The summed E-state index contributed by atoms with van der Waals surface area (Å²) in [6.45, 7) is 5.79. The fraction of sp³-hybridized carbons (Fsp3) is 0.438. The highest BCUT2D eigenvalue weighted by molar-refractivity contribution is 7.85. The van der Waals surface area contributed by atoms with Crippen molar-refractivity contribution < 1.29 is 22.1 Å². The van der Waals surface area contributed by atoms with Crippen molar-refractivity contribution in [2.24, 2.45) is 4.40 Å². The molecule has 0 N–H and O–H groups in total. The van der Waals surface area contributed by atoms with E-state index in [4.69, 9.17) is 4.74 Å². The molecule has 0 saturated carbocycles. The first-order valence-corrected chi connectivity index (χ1v) is 8.86. The van der Waals surface area contributed by atoms with E-state index in [2.05, 4.69) is 14.5 Å². The molecule has 0 aliphatic carbocycles. The molecule has 0 radical (unpaired) electrons. The topological polar surface area (TPSA) is 69.4 Å². The lowest BCUT2D eigenvalue weighted by Gasteiger charge is -2.17. The predicted octanol–water partition coefficient (Wildman–Crippen LogP) is 3.07. The Hall–Kier alpha value is -2.07. The molecule has 0 aromatic carbocycles. The largest absolute Gasteiger partial charge is 0.433 e. The van der Waals surface area contributed by atoms with Crippen LogP contribution in [0.2, 0.25) is 0 Å². The van der Waals surface area contributed by atoms with Gasteiger partial charge in [0.05, 0.1) is 35.1 Å². The Balaban J connectivity index is 2.00. The second-order valence-electron chi connectivity index (χ2n) is 6.72. The van der Waals surface area contributed by atoms with Crippen LogP contribution in [0, 0.1) is 0 Å². The van der Waals surface area contributed by atoms with Crippen molar-refractivity contribution in [2.45, 2.75) is 38.3 Å². The van der Waals surface area contributed by atoms with Crippen LogP contribution in [0.4, 0.5) is 13.2 Å². The second-order valence-corrected chi connectivity index (χ2v) is 8.63. The third-order valence-electron chi connectivity index (χ3n) is 3.59. The number of ether oxygens (including phenoxy) is 1. The van der Waals surface area contributed by atoms with Crippen LogP contribution in [0.25, 0.3) is 5.69 Å². The van der Waals surface area contributed by atoms with Gasteiger partial charge in [-0.1, -0.05) is 0 Å². The number of hydrogen-bond acceptors (Lipinski definition) is 4. The molecule has 3 heterocycles. The van der Waals surface area contributed by atoms with Gasteiger partial charge in [0.15, 0.2) is 0 Å². The van der Waals surface area contributed by atoms with Crippen LogP contribution in [0.3, 0.4) is 0 Å². The third-order valence-corrected chi connectivity index (χ3v) is 5.03. The molecule has 10 heteroatoms. The summed E-state index contributed by atoms with van der Waals surface area (Å²) >= 11 is 0. The normalized spacial score (nSPS) is 18.0. The summed E-state index contributed by atoms with van der Waals surface area (Å²) in [6.07, 6.45) is -1.88. The van der Waals surface area contributed by atoms with Crippen LogP contribution in [0.1, 0.15) is 37.7 Å². The minimum Gasteiger partial charge on any atom is -0.369 e. The van der Waals surface area contributed by atoms with E-state index in [-0.39, 0.29) is 18.9 Å². The standard InChI is InChI=1S/C16H17F3N4O2S/c1-15(2,3)26(24)22-13-9-25-8-12-11(13)7-23(21-12)10-4-5-20-14(6-10)16(17,18)19/h4-7H,8-9H2,1-3H3/b22-13+/t26-/m1/s1. The Kier molecular flexibility index (Phi) is 4.74. The molecule has 0 fully saturated rings. The first kappa shape index (κ1) is 18.7. The number of rotatable bonds is 2. The van der Waals surface area contributed by atoms with Gasteiger partial charge in [-0.2, -0.15) is 22.7 Å². The zero-order chi connectivity index (χ0) is 19.1. The lowest BCUT2D eigenvalue weighted by Crippen LogP contribution is -2.24. The van der Waals surface area contributed by atoms with Gasteiger partial charge in [0.1, 0.15) is 16.7 Å². The van der Waals surface area contributed by atoms with E-state index in [1.165, 1.54) is 10.7 Å². The van der Waals surface area contributed by atoms with E-state index in [9.17, 15) is 17.4 Å². The molecule has 2 aromatic heterocycles. The van der Waals surface area contributed by atoms with Crippen LogP contribution in [-0.4, -0.2) is 36.0 Å². The molecule has 6 nitrogen and oxygen atoms in total. The van der Waals surface area contributed by atoms with Gasteiger partial charge in [0.2, 0.25) is 0 Å². The molecule has 3 rings (SSSR count). The molecule has 0 unspecified atom stereocenters. The average Bonchev–Trinajstić information content (AvgIpc) is 2.98. The van der Waals surface area contributed by atoms with Crippen LogP contribution in [-0.2, 0) is 28.5 Å². The highest BCUT2D eigenvalue weighted by Gasteiger charge is 2.33. The van der Waals surface area contributed by atoms with E-state index >= 15 is 0 Å². The second kappa shape index (κ2) is 6.58. The lowest BCUT2D eigenvalue weighted by molar-refractivity contribution is -0.141. The molecule has 140 valence electrons. The maximum atomic E-state index is 12.9. The Bertz CT molecular complexity index is 884. The van der Waals surface area contributed by atoms with Crippen molar-refractivity contribution >= 4 is 16.7 Å². The molecular weight excluding hydrogens is 369 g/mol. The first-order chi connectivity index (χ1) is 12.1. The summed E-state index contributed by atoms with van der Waals surface area (Å²) in [5.41, 5.74) is 0.849. The number of halogens is 3. The summed E-state index contributed by atoms with van der Waals surface area (Å²) in [5.74, 6) is 0. The Morgan fingerprint density at radius 3 is 2.65 bits per heavy atom. The third kappa shape index (κ3) is 3.85. The highest BCUT2D eigenvalue weighted by Crippen LogP contribution is 2.29. The summed E-state index contributed by atoms with van der Waals surface area (Å²) in [4.78, 5) is 3.34. The monoisotopic (exact) mass is 386 g/mol. The lowest BCUT2D eigenvalue weighted by atomic mass is 10.1. The smallest absolute Gasteiger partial charge is 0.369 e. The Labute approximate surface area is 150 Å². The number of aromatic nitrogens is 3. The van der Waals surface area contributed by atoms with E-state index < -0.39 is 27.6 Å². The first-order valence-electron chi connectivity index (χ1n) is 7.75. The SMILES string of the molecule is CC(C)(C)[S@@](=O)/N=C1\COCc2nn(-c3ccnc(C(F)(F)F)c3)cc21. The van der Waals surface area contributed by atoms with Crippen molar-refractivity contribution in [2.75, 3.05) is 6.61 Å². The van der Waals surface area contributed by atoms with Crippen molar-refractivity contribution in [3.63, 3.8) is 0 Å². The zero-order valence-electron chi connectivity index (χ0n) is 14.4. The number of alkyl halides is 3. The minimum atomic E-state index is -4.54. The van der Waals surface area contributed by atoms with E-state index in [1.807, 2.05) is 0 Å². The summed E-state index contributed by atoms with van der Waals surface area (Å²) < 4.78 is 61.3. The van der Waals surface area contributed by atoms with Gasteiger partial charge in [-0.25, -0.2) is 8.89 Å². The number of hydrogen-bond donors (Lipinski definition) is 0. The van der Waals surface area contributed by atoms with E-state index in [0.717, 1.165) is 12.3 Å². The van der Waals surface area contributed by atoms with Crippen LogP contribution < -0.4 is 0 Å². The van der Waals surface area contributed by atoms with Gasteiger partial charge in [-0.3, -0.25) is 4.98 Å². The molecule has 1 aliphatic heterocycles. The zero-order valence-corrected chi connectivity index (χ0v) is 15.2. The van der Waals surface area contributed by atoms with Gasteiger partial charge in [-0.15, -0.1) is 0 Å². The molecule has 1 atom stereocenters. The molecule has 0 spiro atoms. The molecule has 0 bridgehead atoms. The predicted molar refractivity (Wildman–Crippen MR) is 90.4 cm³/mol. The van der Waals surface area contributed by atoms with Crippen LogP contribution >= 0.6 is 0 Å². The van der Waals surface area contributed by atoms with Crippen molar-refractivity contribution in [3.05, 3.63) is 41.5 Å². The summed E-state index contributed by atoms with van der Waals surface area (Å²) in [6, 6.07) is 2.35. The molecule has 0 saturated heterocycles. The summed E-state index contributed by atoms with van der Waals surface area (Å²) in [5, 5.41) is 4.28. The van der Waals surface area contributed by atoms with Crippen LogP contribution in [0.5, 0.6) is 0 Å². The van der Waals surface area contributed by atoms with Gasteiger partial charge < -0.3 is 4.74 Å². The van der Waals surface area contributed by atoms with Gasteiger partial charge in [0.25, 0.3) is 0 Å². The minimum absolute atomic E-state index is 0.171. The van der Waals surface area contributed by atoms with Crippen LogP contribution in [0.15, 0.2) is 28.9 Å². The van der Waals surface area contributed by atoms with Crippen molar-refractivity contribution in [1.29, 1.82) is 0 Å². The van der Waals surface area contributed by atoms with E-state index in [0.29, 0.717) is 17.0 Å². The fourth-order valence-electron chi connectivity index (χ4n) is 2.24. The molecule has 1 aliphatic rings. The molecular formula is C16H17F3N4O2S. The maximum absolute atomic E-state index is 12.9. The molecule has 26 heavy (non-hydrogen) atoms. The van der Waals surface area contributed by atoms with Crippen molar-refractivity contribution in [3.8, 4) is 5.69 Å². The maximum Gasteiger partial charge on any atom is 0.433 e. The van der Waals surface area contributed by atoms with E-state index in [1.54, 1.807) is 27.0 Å². The number of fused-ring (bicyclic) bond motifs is 1. The van der Waals surface area contributed by atoms with Crippen molar-refractivity contribution in [1.82, 2.24) is 14.8 Å². The summed E-state index contributed by atoms with van der Waals surface area (Å²) in [7, 11) is -1.48. The molecule has 2 aromatic rings. The van der Waals surface area contributed by atoms with Gasteiger partial charge >= 0.3 is 6.18 Å². The number of pyridine rings is 1. The molecule has 0 amide bonds. The highest BCUT2D eigenvalue weighted by atomic mass is 32.2.